The smallest absolute Gasteiger partial charge is 0.416 e. The van der Waals surface area contributed by atoms with Crippen LogP contribution in [0.2, 0.25) is 0 Å². The van der Waals surface area contributed by atoms with Gasteiger partial charge >= 0.3 is 12.1 Å². The molecule has 0 radical (unpaired) electrons. The Morgan fingerprint density at radius 1 is 0.978 bits per heavy atom. The molecule has 1 aromatic heterocycles. The van der Waals surface area contributed by atoms with Crippen LogP contribution in [0.1, 0.15) is 35.3 Å². The largest absolute Gasteiger partial charge is 0.489 e. The number of nitrogens with one attached hydrogen (secondary N) is 1. The zero-order valence-corrected chi connectivity index (χ0v) is 26.2. The Labute approximate surface area is 265 Å². The Kier molecular flexibility index (Phi) is 9.96. The van der Waals surface area contributed by atoms with Gasteiger partial charge in [-0.15, -0.1) is 0 Å². The van der Waals surface area contributed by atoms with Crippen LogP contribution in [-0.4, -0.2) is 73.0 Å². The number of alkyl halides is 3. The number of carbonyl (C=O) groups is 1. The molecule has 0 spiro atoms. The molecule has 0 aliphatic carbocycles. The van der Waals surface area contributed by atoms with Gasteiger partial charge in [-0.05, 0) is 67.9 Å². The van der Waals surface area contributed by atoms with Crippen LogP contribution < -0.4 is 9.46 Å². The van der Waals surface area contributed by atoms with Gasteiger partial charge in [-0.3, -0.25) is 19.6 Å². The number of aryl methyl sites for hydroxylation is 1. The number of benzene rings is 3. The summed E-state index contributed by atoms with van der Waals surface area (Å²) >= 11 is 0. The van der Waals surface area contributed by atoms with Gasteiger partial charge in [0.1, 0.15) is 18.4 Å². The molecule has 46 heavy (non-hydrogen) atoms. The molecule has 244 valence electrons. The van der Waals surface area contributed by atoms with Gasteiger partial charge in [-0.25, -0.2) is 13.1 Å². The molecule has 1 aliphatic rings. The van der Waals surface area contributed by atoms with E-state index in [0.29, 0.717) is 31.9 Å². The fourth-order valence-corrected chi connectivity index (χ4v) is 6.67. The Hall–Kier alpha value is -4.04. The van der Waals surface area contributed by atoms with Gasteiger partial charge in [0, 0.05) is 55.4 Å². The highest BCUT2D eigenvalue weighted by Crippen LogP contribution is 2.31. The summed E-state index contributed by atoms with van der Waals surface area (Å²) < 4.78 is 73.2. The van der Waals surface area contributed by atoms with Crippen molar-refractivity contribution in [3.05, 3.63) is 101 Å². The number of nitrogens with zero attached hydrogens (tertiary/aromatic N) is 3. The van der Waals surface area contributed by atoms with Crippen molar-refractivity contribution in [3.63, 3.8) is 0 Å². The fraction of sp³-hybridized carbons (Fsp3) is 0.333. The number of pyridine rings is 1. The van der Waals surface area contributed by atoms with E-state index in [0.717, 1.165) is 39.9 Å². The van der Waals surface area contributed by atoms with E-state index >= 15 is 0 Å². The monoisotopic (exact) mass is 656 g/mol. The van der Waals surface area contributed by atoms with Crippen molar-refractivity contribution < 1.29 is 36.2 Å². The lowest BCUT2D eigenvalue weighted by molar-refractivity contribution is -0.144. The number of hydrogen-bond acceptors (Lipinski definition) is 7. The van der Waals surface area contributed by atoms with Crippen molar-refractivity contribution >= 4 is 26.9 Å². The summed E-state index contributed by atoms with van der Waals surface area (Å²) in [6, 6.07) is 19.4. The Balaban J connectivity index is 1.15. The maximum Gasteiger partial charge on any atom is 0.416 e. The summed E-state index contributed by atoms with van der Waals surface area (Å²) in [5.74, 6) is -0.682. The van der Waals surface area contributed by atoms with Crippen LogP contribution in [0.5, 0.6) is 5.75 Å². The number of halogens is 3. The van der Waals surface area contributed by atoms with E-state index in [1.807, 2.05) is 44.2 Å². The minimum absolute atomic E-state index is 0.0237. The molecule has 0 saturated carbocycles. The van der Waals surface area contributed by atoms with Gasteiger partial charge < -0.3 is 9.84 Å². The third-order valence-corrected chi connectivity index (χ3v) is 9.71. The summed E-state index contributed by atoms with van der Waals surface area (Å²) in [6.07, 6.45) is -4.41. The molecule has 2 N–H and O–H groups in total. The summed E-state index contributed by atoms with van der Waals surface area (Å²) in [6.45, 7) is 5.36. The molecule has 4 aromatic rings. The van der Waals surface area contributed by atoms with Crippen LogP contribution in [0.25, 0.3) is 10.9 Å². The number of aromatic nitrogens is 1. The Morgan fingerprint density at radius 3 is 2.24 bits per heavy atom. The fourth-order valence-electron chi connectivity index (χ4n) is 5.63. The Morgan fingerprint density at radius 2 is 1.61 bits per heavy atom. The highest BCUT2D eigenvalue weighted by atomic mass is 32.2. The minimum Gasteiger partial charge on any atom is -0.489 e. The quantitative estimate of drug-likeness (QED) is 0.225. The van der Waals surface area contributed by atoms with Crippen LogP contribution >= 0.6 is 0 Å². The second kappa shape index (κ2) is 13.8. The highest BCUT2D eigenvalue weighted by Gasteiger charge is 2.33. The average molecular weight is 657 g/mol. The highest BCUT2D eigenvalue weighted by molar-refractivity contribution is 7.89. The Bertz CT molecular complexity index is 1780. The molecule has 5 rings (SSSR count). The number of para-hydroxylation sites is 1. The number of carboxylic acid groups (broad SMARTS) is 1. The number of hydrogen-bond donors (Lipinski definition) is 2. The molecule has 9 nitrogen and oxygen atoms in total. The van der Waals surface area contributed by atoms with Gasteiger partial charge in [-0.2, -0.15) is 13.2 Å². The SMILES string of the molecule is Cc1cc(COc2ccc(S(=O)(=O)NC[C@@H](C(=O)O)N3CCN(C(C)c4ccc(C(F)(F)F)cc4)CC3)cc2)c2ccccc2n1. The van der Waals surface area contributed by atoms with E-state index in [2.05, 4.69) is 14.6 Å². The molecule has 0 bridgehead atoms. The lowest BCUT2D eigenvalue weighted by Crippen LogP contribution is -2.56. The first-order valence-corrected chi connectivity index (χ1v) is 16.3. The van der Waals surface area contributed by atoms with E-state index in [1.165, 1.54) is 24.3 Å². The molecule has 2 atom stereocenters. The first-order valence-electron chi connectivity index (χ1n) is 14.8. The van der Waals surface area contributed by atoms with Gasteiger partial charge in [-0.1, -0.05) is 30.3 Å². The second-order valence-electron chi connectivity index (χ2n) is 11.3. The van der Waals surface area contributed by atoms with E-state index in [4.69, 9.17) is 4.74 Å². The summed E-state index contributed by atoms with van der Waals surface area (Å²) in [5, 5.41) is 10.9. The zero-order valence-electron chi connectivity index (χ0n) is 25.4. The molecular formula is C33H35F3N4O5S. The number of ether oxygens (including phenoxy) is 1. The summed E-state index contributed by atoms with van der Waals surface area (Å²) in [4.78, 5) is 20.4. The predicted molar refractivity (Wildman–Crippen MR) is 167 cm³/mol. The number of rotatable bonds is 11. The van der Waals surface area contributed by atoms with Crippen LogP contribution in [0.4, 0.5) is 13.2 Å². The van der Waals surface area contributed by atoms with E-state index < -0.39 is 33.8 Å². The van der Waals surface area contributed by atoms with Gasteiger partial charge in [0.05, 0.1) is 16.0 Å². The number of piperazine rings is 1. The normalized spacial score (nSPS) is 16.3. The van der Waals surface area contributed by atoms with Gasteiger partial charge in [0.25, 0.3) is 0 Å². The molecule has 2 heterocycles. The molecule has 1 saturated heterocycles. The topological polar surface area (TPSA) is 112 Å². The summed E-state index contributed by atoms with van der Waals surface area (Å²) in [7, 11) is -4.01. The number of sulfonamides is 1. The van der Waals surface area contributed by atoms with Crippen molar-refractivity contribution in [1.29, 1.82) is 0 Å². The molecule has 1 aliphatic heterocycles. The van der Waals surface area contributed by atoms with E-state index in [9.17, 15) is 31.5 Å². The third-order valence-electron chi connectivity index (χ3n) is 8.27. The molecule has 0 amide bonds. The first kappa shape index (κ1) is 33.3. The lowest BCUT2D eigenvalue weighted by atomic mass is 10.0. The standard InChI is InChI=1S/C33H35F3N4O5S/c1-22-19-25(29-5-3-4-6-30(29)38-22)21-45-27-11-13-28(14-12-27)46(43,44)37-20-31(32(41)42)40-17-15-39(16-18-40)23(2)24-7-9-26(10-8-24)33(34,35)36/h3-14,19,23,31,37H,15-18,20-21H2,1-2H3,(H,41,42)/t23?,31-/m0/s1. The second-order valence-corrected chi connectivity index (χ2v) is 13.0. The maximum absolute atomic E-state index is 13.1. The van der Waals surface area contributed by atoms with Crippen molar-refractivity contribution in [2.75, 3.05) is 32.7 Å². The lowest BCUT2D eigenvalue weighted by Gasteiger charge is -2.40. The van der Waals surface area contributed by atoms with Crippen LogP contribution in [-0.2, 0) is 27.6 Å². The molecular weight excluding hydrogens is 621 g/mol. The van der Waals surface area contributed by atoms with Crippen molar-refractivity contribution in [2.24, 2.45) is 0 Å². The minimum atomic E-state index is -4.41. The maximum atomic E-state index is 13.1. The van der Waals surface area contributed by atoms with Gasteiger partial charge in [0.2, 0.25) is 10.0 Å². The third kappa shape index (κ3) is 7.84. The molecule has 1 unspecified atom stereocenters. The molecule has 3 aromatic carbocycles. The molecule has 1 fully saturated rings. The summed E-state index contributed by atoms with van der Waals surface area (Å²) in [5.41, 5.74) is 2.69. The van der Waals surface area contributed by atoms with Crippen molar-refractivity contribution in [2.45, 2.75) is 43.6 Å². The zero-order chi connectivity index (χ0) is 33.1. The van der Waals surface area contributed by atoms with E-state index in [1.54, 1.807) is 17.0 Å². The van der Waals surface area contributed by atoms with Crippen molar-refractivity contribution in [1.82, 2.24) is 19.5 Å². The molecule has 13 heteroatoms. The van der Waals surface area contributed by atoms with Gasteiger partial charge in [0.15, 0.2) is 0 Å². The van der Waals surface area contributed by atoms with Crippen LogP contribution in [0.15, 0.2) is 83.8 Å². The van der Waals surface area contributed by atoms with Crippen LogP contribution in [0.3, 0.4) is 0 Å². The number of aliphatic carboxylic acids is 1. The number of fused-ring (bicyclic) bond motifs is 1. The van der Waals surface area contributed by atoms with Crippen LogP contribution in [0, 0.1) is 6.92 Å². The van der Waals surface area contributed by atoms with Crippen molar-refractivity contribution in [3.8, 4) is 5.75 Å². The van der Waals surface area contributed by atoms with E-state index in [-0.39, 0.29) is 24.1 Å². The first-order chi connectivity index (χ1) is 21.8. The number of carboxylic acids is 1. The predicted octanol–water partition coefficient (Wildman–Crippen LogP) is 5.25. The average Bonchev–Trinajstić information content (AvgIpc) is 3.03.